The van der Waals surface area contributed by atoms with Crippen LogP contribution in [0, 0.1) is 5.82 Å². The van der Waals surface area contributed by atoms with E-state index < -0.39 is 5.82 Å². The second kappa shape index (κ2) is 3.67. The molecule has 0 aliphatic carbocycles. The Morgan fingerprint density at radius 2 is 2.07 bits per heavy atom. The molecular weight excluding hydrogens is 244 g/mol. The minimum Gasteiger partial charge on any atom is -0.424 e. The van der Waals surface area contributed by atoms with Crippen molar-refractivity contribution in [3.8, 4) is 11.3 Å². The molecule has 2 aromatic heterocycles. The Balaban J connectivity index is 2.58. The number of pyridine rings is 1. The van der Waals surface area contributed by atoms with E-state index in [1.807, 2.05) is 0 Å². The van der Waals surface area contributed by atoms with Gasteiger partial charge in [-0.3, -0.25) is 0 Å². The largest absolute Gasteiger partial charge is 0.424 e. The van der Waals surface area contributed by atoms with E-state index in [1.165, 1.54) is 6.20 Å². The van der Waals surface area contributed by atoms with Crippen LogP contribution in [0.25, 0.3) is 11.3 Å². The maximum absolute atomic E-state index is 13.1. The molecule has 0 aliphatic rings. The van der Waals surface area contributed by atoms with Gasteiger partial charge in [-0.2, -0.15) is 0 Å². The van der Waals surface area contributed by atoms with Crippen molar-refractivity contribution in [1.29, 1.82) is 0 Å². The number of halogens is 3. The van der Waals surface area contributed by atoms with Gasteiger partial charge in [-0.15, -0.1) is 0 Å². The molecule has 0 spiro atoms. The van der Waals surface area contributed by atoms with Gasteiger partial charge >= 0.3 is 0 Å². The molecule has 78 valence electrons. The molecule has 0 bridgehead atoms. The second-order valence-electron chi connectivity index (χ2n) is 2.66. The van der Waals surface area contributed by atoms with Crippen LogP contribution < -0.4 is 5.73 Å². The molecule has 7 heteroatoms. The standard InChI is InChI=1S/C8H4Cl2FN3O/c9-6-3(1-4(11)7(10)14-6)5-2-13-8(12)15-5/h1-2H,(H2,12,13). The first-order valence-corrected chi connectivity index (χ1v) is 4.56. The lowest BCUT2D eigenvalue weighted by Crippen LogP contribution is -1.87. The Kier molecular flexibility index (Phi) is 2.50. The first-order valence-electron chi connectivity index (χ1n) is 3.81. The molecule has 0 aliphatic heterocycles. The third-order valence-electron chi connectivity index (χ3n) is 1.68. The molecular formula is C8H4Cl2FN3O. The van der Waals surface area contributed by atoms with Crippen molar-refractivity contribution in [2.45, 2.75) is 0 Å². The van der Waals surface area contributed by atoms with E-state index in [0.29, 0.717) is 0 Å². The molecule has 0 radical (unpaired) electrons. The van der Waals surface area contributed by atoms with Crippen molar-refractivity contribution in [2.24, 2.45) is 0 Å². The monoisotopic (exact) mass is 247 g/mol. The molecule has 2 heterocycles. The number of nitrogen functional groups attached to an aromatic ring is 1. The molecule has 0 unspecified atom stereocenters. The van der Waals surface area contributed by atoms with E-state index in [-0.39, 0.29) is 27.6 Å². The van der Waals surface area contributed by atoms with Gasteiger partial charge in [-0.05, 0) is 6.07 Å². The van der Waals surface area contributed by atoms with Gasteiger partial charge in [-0.25, -0.2) is 14.4 Å². The highest BCUT2D eigenvalue weighted by Gasteiger charge is 2.13. The van der Waals surface area contributed by atoms with Gasteiger partial charge in [0.2, 0.25) is 0 Å². The van der Waals surface area contributed by atoms with E-state index in [1.54, 1.807) is 0 Å². The molecule has 2 rings (SSSR count). The van der Waals surface area contributed by atoms with Crippen molar-refractivity contribution >= 4 is 29.2 Å². The number of hydrogen-bond acceptors (Lipinski definition) is 4. The predicted molar refractivity (Wildman–Crippen MR) is 54.1 cm³/mol. The first kappa shape index (κ1) is 10.2. The molecule has 0 saturated carbocycles. The molecule has 0 fully saturated rings. The van der Waals surface area contributed by atoms with Gasteiger partial charge in [0.15, 0.2) is 16.7 Å². The average molecular weight is 248 g/mol. The average Bonchev–Trinajstić information content (AvgIpc) is 2.58. The fourth-order valence-electron chi connectivity index (χ4n) is 1.03. The van der Waals surface area contributed by atoms with Crippen LogP contribution in [0.15, 0.2) is 16.7 Å². The number of nitrogens with zero attached hydrogens (tertiary/aromatic N) is 2. The van der Waals surface area contributed by atoms with E-state index in [4.69, 9.17) is 33.4 Å². The van der Waals surface area contributed by atoms with E-state index in [0.717, 1.165) is 6.07 Å². The topological polar surface area (TPSA) is 64.9 Å². The molecule has 4 nitrogen and oxygen atoms in total. The number of hydrogen-bond donors (Lipinski definition) is 1. The van der Waals surface area contributed by atoms with E-state index in [9.17, 15) is 4.39 Å². The quantitative estimate of drug-likeness (QED) is 0.788. The summed E-state index contributed by atoms with van der Waals surface area (Å²) in [4.78, 5) is 7.24. The van der Waals surface area contributed by atoms with E-state index in [2.05, 4.69) is 9.97 Å². The maximum atomic E-state index is 13.1. The van der Waals surface area contributed by atoms with Gasteiger partial charge in [0.1, 0.15) is 5.15 Å². The van der Waals surface area contributed by atoms with Crippen LogP contribution in [-0.4, -0.2) is 9.97 Å². The lowest BCUT2D eigenvalue weighted by Gasteiger charge is -2.00. The summed E-state index contributed by atoms with van der Waals surface area (Å²) in [6.07, 6.45) is 1.32. The molecule has 15 heavy (non-hydrogen) atoms. The number of oxazole rings is 1. The molecule has 2 aromatic rings. The predicted octanol–water partition coefficient (Wildman–Crippen LogP) is 2.76. The summed E-state index contributed by atoms with van der Waals surface area (Å²) < 4.78 is 18.1. The molecule has 2 N–H and O–H groups in total. The number of aromatic nitrogens is 2. The third-order valence-corrected chi connectivity index (χ3v) is 2.23. The third kappa shape index (κ3) is 1.88. The fraction of sp³-hybridized carbons (Fsp3) is 0. The zero-order valence-electron chi connectivity index (χ0n) is 7.17. The lowest BCUT2D eigenvalue weighted by atomic mass is 10.2. The van der Waals surface area contributed by atoms with Crippen LogP contribution in [0.2, 0.25) is 10.3 Å². The van der Waals surface area contributed by atoms with Crippen molar-refractivity contribution in [2.75, 3.05) is 5.73 Å². The molecule has 0 aromatic carbocycles. The van der Waals surface area contributed by atoms with Crippen molar-refractivity contribution in [3.63, 3.8) is 0 Å². The van der Waals surface area contributed by atoms with Gasteiger partial charge < -0.3 is 10.2 Å². The number of rotatable bonds is 1. The lowest BCUT2D eigenvalue weighted by molar-refractivity contribution is 0.590. The van der Waals surface area contributed by atoms with Crippen LogP contribution in [0.5, 0.6) is 0 Å². The van der Waals surface area contributed by atoms with Crippen LogP contribution in [0.4, 0.5) is 10.4 Å². The Morgan fingerprint density at radius 1 is 1.33 bits per heavy atom. The molecule has 0 saturated heterocycles. The summed E-state index contributed by atoms with van der Waals surface area (Å²) in [5, 5.41) is -0.270. The highest BCUT2D eigenvalue weighted by molar-refractivity contribution is 6.34. The fourth-order valence-corrected chi connectivity index (χ4v) is 1.45. The summed E-state index contributed by atoms with van der Waals surface area (Å²) in [6.45, 7) is 0. The summed E-state index contributed by atoms with van der Waals surface area (Å²) in [5.41, 5.74) is 5.53. The van der Waals surface area contributed by atoms with Crippen LogP contribution >= 0.6 is 23.2 Å². The van der Waals surface area contributed by atoms with Crippen LogP contribution in [0.1, 0.15) is 0 Å². The summed E-state index contributed by atoms with van der Waals surface area (Å²) in [6, 6.07) is 1.08. The van der Waals surface area contributed by atoms with Crippen molar-refractivity contribution in [1.82, 2.24) is 9.97 Å². The second-order valence-corrected chi connectivity index (χ2v) is 3.38. The highest BCUT2D eigenvalue weighted by atomic mass is 35.5. The molecule has 0 atom stereocenters. The zero-order chi connectivity index (χ0) is 11.0. The first-order chi connectivity index (χ1) is 7.08. The SMILES string of the molecule is Nc1ncc(-c2cc(F)c(Cl)nc2Cl)o1. The number of anilines is 1. The normalized spacial score (nSPS) is 10.6. The number of nitrogens with two attached hydrogens (primary N) is 1. The van der Waals surface area contributed by atoms with Gasteiger partial charge in [0.05, 0.1) is 11.8 Å². The zero-order valence-corrected chi connectivity index (χ0v) is 8.68. The van der Waals surface area contributed by atoms with E-state index >= 15 is 0 Å². The minimum absolute atomic E-state index is 0.0255. The van der Waals surface area contributed by atoms with Gasteiger partial charge in [-0.1, -0.05) is 23.2 Å². The Morgan fingerprint density at radius 3 is 2.67 bits per heavy atom. The maximum Gasteiger partial charge on any atom is 0.292 e. The summed E-state index contributed by atoms with van der Waals surface area (Å²) >= 11 is 11.2. The van der Waals surface area contributed by atoms with Gasteiger partial charge in [0.25, 0.3) is 6.01 Å². The Labute approximate surface area is 93.8 Å². The van der Waals surface area contributed by atoms with Crippen LogP contribution in [0.3, 0.4) is 0 Å². The highest BCUT2D eigenvalue weighted by Crippen LogP contribution is 2.30. The Bertz CT molecular complexity index is 515. The summed E-state index contributed by atoms with van der Waals surface area (Å²) in [7, 11) is 0. The smallest absolute Gasteiger partial charge is 0.292 e. The van der Waals surface area contributed by atoms with Gasteiger partial charge in [0, 0.05) is 0 Å². The van der Waals surface area contributed by atoms with Crippen molar-refractivity contribution in [3.05, 3.63) is 28.4 Å². The summed E-state index contributed by atoms with van der Waals surface area (Å²) in [5.74, 6) is -0.452. The minimum atomic E-state index is -0.689. The Hall–Kier alpha value is -1.33. The van der Waals surface area contributed by atoms with Crippen molar-refractivity contribution < 1.29 is 8.81 Å². The van der Waals surface area contributed by atoms with Crippen LogP contribution in [-0.2, 0) is 0 Å². The molecule has 0 amide bonds.